The van der Waals surface area contributed by atoms with Crippen molar-refractivity contribution >= 4 is 11.6 Å². The maximum Gasteiger partial charge on any atom is 0.268 e. The van der Waals surface area contributed by atoms with Crippen LogP contribution < -0.4 is 15.2 Å². The normalized spacial score (nSPS) is 18.1. The van der Waals surface area contributed by atoms with E-state index in [1.54, 1.807) is 26.4 Å². The standard InChI is InChI=1S/C26H37N5O3/c1-4-29-13-11-22(12-14-29)31(19-20-5-7-24(34-3)8-6-20)26(33)21-9-15-30(16-10-21)23-17-25(32)28(2)27-18-23/h5-8,17-18,21-22H,4,9-16,19H2,1-3H3. The fraction of sp³-hybridized carbons (Fsp3) is 0.577. The molecule has 8 nitrogen and oxygen atoms in total. The van der Waals surface area contributed by atoms with Gasteiger partial charge in [-0.1, -0.05) is 19.1 Å². The van der Waals surface area contributed by atoms with Crippen LogP contribution in [0.2, 0.25) is 0 Å². The Morgan fingerprint density at radius 3 is 2.35 bits per heavy atom. The second-order valence-electron chi connectivity index (χ2n) is 9.42. The van der Waals surface area contributed by atoms with Crippen LogP contribution in [0.15, 0.2) is 41.3 Å². The van der Waals surface area contributed by atoms with Gasteiger partial charge in [-0.3, -0.25) is 9.59 Å². The number of benzene rings is 1. The van der Waals surface area contributed by atoms with E-state index in [0.29, 0.717) is 6.54 Å². The molecule has 0 N–H and O–H groups in total. The molecule has 1 amide bonds. The first-order valence-corrected chi connectivity index (χ1v) is 12.4. The van der Waals surface area contributed by atoms with Crippen LogP contribution in [0, 0.1) is 5.92 Å². The van der Waals surface area contributed by atoms with Crippen molar-refractivity contribution in [3.05, 3.63) is 52.4 Å². The lowest BCUT2D eigenvalue weighted by Crippen LogP contribution is -2.50. The number of ether oxygens (including phenoxy) is 1. The number of aryl methyl sites for hydroxylation is 1. The third-order valence-corrected chi connectivity index (χ3v) is 7.40. The fourth-order valence-electron chi connectivity index (χ4n) is 5.11. The minimum absolute atomic E-state index is 0.0122. The molecule has 0 aliphatic carbocycles. The number of carbonyl (C=O) groups excluding carboxylic acids is 1. The molecule has 0 unspecified atom stereocenters. The van der Waals surface area contributed by atoms with Gasteiger partial charge in [-0.2, -0.15) is 5.10 Å². The highest BCUT2D eigenvalue weighted by atomic mass is 16.5. The van der Waals surface area contributed by atoms with Crippen LogP contribution in [0.4, 0.5) is 5.69 Å². The maximum atomic E-state index is 13.8. The van der Waals surface area contributed by atoms with E-state index < -0.39 is 0 Å². The second kappa shape index (κ2) is 11.0. The average molecular weight is 468 g/mol. The molecule has 184 valence electrons. The van der Waals surface area contributed by atoms with Gasteiger partial charge in [0.2, 0.25) is 5.91 Å². The monoisotopic (exact) mass is 467 g/mol. The Bertz CT molecular complexity index is 1010. The fourth-order valence-corrected chi connectivity index (χ4v) is 5.11. The number of rotatable bonds is 7. The Labute approximate surface area is 202 Å². The molecule has 2 fully saturated rings. The Morgan fingerprint density at radius 1 is 1.09 bits per heavy atom. The summed E-state index contributed by atoms with van der Waals surface area (Å²) in [5.41, 5.74) is 1.87. The van der Waals surface area contributed by atoms with E-state index >= 15 is 0 Å². The molecule has 0 radical (unpaired) electrons. The topological polar surface area (TPSA) is 70.9 Å². The number of aromatic nitrogens is 2. The summed E-state index contributed by atoms with van der Waals surface area (Å²) in [5, 5.41) is 4.14. The summed E-state index contributed by atoms with van der Waals surface area (Å²) in [4.78, 5) is 32.6. The van der Waals surface area contributed by atoms with Gasteiger partial charge >= 0.3 is 0 Å². The molecule has 2 aliphatic rings. The number of carbonyl (C=O) groups is 1. The van der Waals surface area contributed by atoms with Crippen LogP contribution in [0.5, 0.6) is 5.75 Å². The van der Waals surface area contributed by atoms with Crippen molar-refractivity contribution < 1.29 is 9.53 Å². The number of anilines is 1. The third kappa shape index (κ3) is 5.60. The molecule has 1 aromatic heterocycles. The highest BCUT2D eigenvalue weighted by molar-refractivity contribution is 5.79. The van der Waals surface area contributed by atoms with Gasteiger partial charge in [0.05, 0.1) is 19.0 Å². The first-order chi connectivity index (χ1) is 16.5. The summed E-state index contributed by atoms with van der Waals surface area (Å²) in [6.45, 7) is 7.51. The Kier molecular flexibility index (Phi) is 7.88. The van der Waals surface area contributed by atoms with Crippen LogP contribution in [0.3, 0.4) is 0 Å². The Hall–Kier alpha value is -2.87. The number of piperidine rings is 2. The third-order valence-electron chi connectivity index (χ3n) is 7.40. The minimum atomic E-state index is -0.111. The first-order valence-electron chi connectivity index (χ1n) is 12.4. The largest absolute Gasteiger partial charge is 0.497 e. The van der Waals surface area contributed by atoms with Gasteiger partial charge in [-0.25, -0.2) is 4.68 Å². The average Bonchev–Trinajstić information content (AvgIpc) is 2.89. The molecule has 8 heteroatoms. The molecule has 2 aromatic rings. The number of methoxy groups -OCH3 is 1. The summed E-state index contributed by atoms with van der Waals surface area (Å²) in [6.07, 6.45) is 5.37. The second-order valence-corrected chi connectivity index (χ2v) is 9.42. The Morgan fingerprint density at radius 2 is 1.76 bits per heavy atom. The molecule has 2 saturated heterocycles. The van der Waals surface area contributed by atoms with Crippen molar-refractivity contribution in [2.24, 2.45) is 13.0 Å². The molecule has 3 heterocycles. The van der Waals surface area contributed by atoms with Crippen LogP contribution in [-0.2, 0) is 18.4 Å². The van der Waals surface area contributed by atoms with E-state index in [2.05, 4.69) is 38.9 Å². The highest BCUT2D eigenvalue weighted by Crippen LogP contribution is 2.28. The van der Waals surface area contributed by atoms with E-state index in [1.807, 2.05) is 12.1 Å². The first kappa shape index (κ1) is 24.3. The van der Waals surface area contributed by atoms with Crippen molar-refractivity contribution in [3.63, 3.8) is 0 Å². The lowest BCUT2D eigenvalue weighted by molar-refractivity contribution is -0.140. The lowest BCUT2D eigenvalue weighted by Gasteiger charge is -2.41. The van der Waals surface area contributed by atoms with E-state index in [4.69, 9.17) is 4.74 Å². The van der Waals surface area contributed by atoms with Gasteiger partial charge < -0.3 is 19.4 Å². The molecule has 0 bridgehead atoms. The molecule has 1 aromatic carbocycles. The number of hydrogen-bond donors (Lipinski definition) is 0. The maximum absolute atomic E-state index is 13.8. The van der Waals surface area contributed by atoms with E-state index in [9.17, 15) is 9.59 Å². The van der Waals surface area contributed by atoms with Gasteiger partial charge in [-0.15, -0.1) is 0 Å². The van der Waals surface area contributed by atoms with Crippen molar-refractivity contribution in [3.8, 4) is 5.75 Å². The summed E-state index contributed by atoms with van der Waals surface area (Å²) in [5.74, 6) is 1.11. The predicted molar refractivity (Wildman–Crippen MR) is 133 cm³/mol. The zero-order valence-corrected chi connectivity index (χ0v) is 20.7. The van der Waals surface area contributed by atoms with Crippen LogP contribution in [-0.4, -0.2) is 71.4 Å². The van der Waals surface area contributed by atoms with Gasteiger partial charge in [-0.05, 0) is 49.9 Å². The molecule has 0 spiro atoms. The highest BCUT2D eigenvalue weighted by Gasteiger charge is 2.34. The number of hydrogen-bond acceptors (Lipinski definition) is 6. The van der Waals surface area contributed by atoms with Crippen molar-refractivity contribution in [1.82, 2.24) is 19.6 Å². The van der Waals surface area contributed by atoms with Crippen LogP contribution in [0.25, 0.3) is 0 Å². The SMILES string of the molecule is CCN1CCC(N(Cc2ccc(OC)cc2)C(=O)C2CCN(c3cnn(C)c(=O)c3)CC2)CC1. The number of likely N-dealkylation sites (tertiary alicyclic amines) is 1. The zero-order valence-electron chi connectivity index (χ0n) is 20.7. The van der Waals surface area contributed by atoms with E-state index in [-0.39, 0.29) is 23.4 Å². The zero-order chi connectivity index (χ0) is 24.1. The van der Waals surface area contributed by atoms with Crippen LogP contribution >= 0.6 is 0 Å². The number of nitrogens with zero attached hydrogens (tertiary/aromatic N) is 5. The minimum Gasteiger partial charge on any atom is -0.497 e. The smallest absolute Gasteiger partial charge is 0.268 e. The van der Waals surface area contributed by atoms with Crippen LogP contribution in [0.1, 0.15) is 38.2 Å². The van der Waals surface area contributed by atoms with Gasteiger partial charge in [0.1, 0.15) is 5.75 Å². The van der Waals surface area contributed by atoms with E-state index in [0.717, 1.165) is 75.4 Å². The molecule has 0 saturated carbocycles. The molecule has 0 atom stereocenters. The van der Waals surface area contributed by atoms with E-state index in [1.165, 1.54) is 4.68 Å². The number of amides is 1. The summed E-state index contributed by atoms with van der Waals surface area (Å²) in [7, 11) is 3.32. The summed E-state index contributed by atoms with van der Waals surface area (Å²) in [6, 6.07) is 9.96. The summed E-state index contributed by atoms with van der Waals surface area (Å²) >= 11 is 0. The van der Waals surface area contributed by atoms with Crippen molar-refractivity contribution in [2.75, 3.05) is 44.7 Å². The molecular weight excluding hydrogens is 430 g/mol. The van der Waals surface area contributed by atoms with Crippen molar-refractivity contribution in [1.29, 1.82) is 0 Å². The molecule has 4 rings (SSSR count). The molecule has 2 aliphatic heterocycles. The molecule has 34 heavy (non-hydrogen) atoms. The predicted octanol–water partition coefficient (Wildman–Crippen LogP) is 2.52. The Balaban J connectivity index is 1.45. The van der Waals surface area contributed by atoms with Crippen molar-refractivity contribution in [2.45, 2.75) is 45.2 Å². The quantitative estimate of drug-likeness (QED) is 0.623. The summed E-state index contributed by atoms with van der Waals surface area (Å²) < 4.78 is 6.64. The lowest BCUT2D eigenvalue weighted by atomic mass is 9.92. The molecular formula is C26H37N5O3. The van der Waals surface area contributed by atoms with Gasteiger partial charge in [0.15, 0.2) is 0 Å². The van der Waals surface area contributed by atoms with Gasteiger partial charge in [0.25, 0.3) is 5.56 Å². The van der Waals surface area contributed by atoms with Gasteiger partial charge in [0, 0.05) is 57.8 Å².